The summed E-state index contributed by atoms with van der Waals surface area (Å²) >= 11 is 1.71. The standard InChI is InChI=1S/C12H18N4S/c1-3-4-14-12(5-11-7-13-9-17-11)10-6-15-16(2)8-10/h6-9,12,14H,3-5H2,1-2H3. The van der Waals surface area contributed by atoms with Gasteiger partial charge in [-0.1, -0.05) is 6.92 Å². The number of thiazole rings is 1. The van der Waals surface area contributed by atoms with E-state index in [9.17, 15) is 0 Å². The minimum absolute atomic E-state index is 0.337. The zero-order valence-electron chi connectivity index (χ0n) is 10.3. The average molecular weight is 250 g/mol. The van der Waals surface area contributed by atoms with Crippen molar-refractivity contribution in [1.29, 1.82) is 0 Å². The van der Waals surface area contributed by atoms with Gasteiger partial charge in [0.05, 0.1) is 11.7 Å². The van der Waals surface area contributed by atoms with Crippen LogP contribution in [0.2, 0.25) is 0 Å². The Morgan fingerprint density at radius 1 is 1.47 bits per heavy atom. The minimum Gasteiger partial charge on any atom is -0.310 e. The molecule has 0 saturated heterocycles. The molecule has 0 aliphatic heterocycles. The third kappa shape index (κ3) is 3.38. The van der Waals surface area contributed by atoms with Crippen molar-refractivity contribution in [2.24, 2.45) is 7.05 Å². The summed E-state index contributed by atoms with van der Waals surface area (Å²) < 4.78 is 1.85. The quantitative estimate of drug-likeness (QED) is 0.854. The molecule has 2 heterocycles. The normalized spacial score (nSPS) is 12.8. The van der Waals surface area contributed by atoms with Crippen molar-refractivity contribution >= 4 is 11.3 Å². The Kier molecular flexibility index (Phi) is 4.28. The van der Waals surface area contributed by atoms with Gasteiger partial charge in [0.15, 0.2) is 0 Å². The highest BCUT2D eigenvalue weighted by molar-refractivity contribution is 7.09. The van der Waals surface area contributed by atoms with Gasteiger partial charge in [-0.25, -0.2) is 0 Å². The molecule has 5 heteroatoms. The molecule has 0 bridgehead atoms. The Hall–Kier alpha value is -1.20. The second-order valence-electron chi connectivity index (χ2n) is 4.13. The Morgan fingerprint density at radius 2 is 2.35 bits per heavy atom. The predicted molar refractivity (Wildman–Crippen MR) is 70.1 cm³/mol. The molecule has 92 valence electrons. The zero-order chi connectivity index (χ0) is 12.1. The van der Waals surface area contributed by atoms with Gasteiger partial charge in [0.25, 0.3) is 0 Å². The molecule has 0 saturated carbocycles. The monoisotopic (exact) mass is 250 g/mol. The van der Waals surface area contributed by atoms with Gasteiger partial charge in [-0.15, -0.1) is 11.3 Å². The molecule has 1 unspecified atom stereocenters. The molecule has 0 aromatic carbocycles. The van der Waals surface area contributed by atoms with Crippen LogP contribution in [0.1, 0.15) is 29.8 Å². The van der Waals surface area contributed by atoms with Gasteiger partial charge in [0, 0.05) is 42.3 Å². The summed E-state index contributed by atoms with van der Waals surface area (Å²) in [4.78, 5) is 5.43. The summed E-state index contributed by atoms with van der Waals surface area (Å²) in [7, 11) is 1.95. The fraction of sp³-hybridized carbons (Fsp3) is 0.500. The fourth-order valence-electron chi connectivity index (χ4n) is 1.79. The van der Waals surface area contributed by atoms with Crippen molar-refractivity contribution in [1.82, 2.24) is 20.1 Å². The lowest BCUT2D eigenvalue weighted by molar-refractivity contribution is 0.531. The molecule has 2 aromatic rings. The summed E-state index contributed by atoms with van der Waals surface area (Å²) in [6, 6.07) is 0.337. The fourth-order valence-corrected chi connectivity index (χ4v) is 2.43. The van der Waals surface area contributed by atoms with Crippen LogP contribution in [-0.4, -0.2) is 21.3 Å². The molecule has 17 heavy (non-hydrogen) atoms. The molecule has 0 radical (unpaired) electrons. The van der Waals surface area contributed by atoms with Gasteiger partial charge in [-0.3, -0.25) is 9.67 Å². The van der Waals surface area contributed by atoms with E-state index >= 15 is 0 Å². The smallest absolute Gasteiger partial charge is 0.0794 e. The second kappa shape index (κ2) is 5.93. The van der Waals surface area contributed by atoms with E-state index < -0.39 is 0 Å². The van der Waals surface area contributed by atoms with Crippen LogP contribution in [-0.2, 0) is 13.5 Å². The van der Waals surface area contributed by atoms with Crippen LogP contribution >= 0.6 is 11.3 Å². The lowest BCUT2D eigenvalue weighted by atomic mass is 10.1. The second-order valence-corrected chi connectivity index (χ2v) is 5.10. The Morgan fingerprint density at radius 3 is 2.94 bits per heavy atom. The Balaban J connectivity index is 2.07. The van der Waals surface area contributed by atoms with Crippen LogP contribution in [0.15, 0.2) is 24.1 Å². The highest BCUT2D eigenvalue weighted by atomic mass is 32.1. The van der Waals surface area contributed by atoms with Gasteiger partial charge in [-0.2, -0.15) is 5.10 Å². The molecule has 4 nitrogen and oxygen atoms in total. The van der Waals surface area contributed by atoms with Crippen LogP contribution in [0.5, 0.6) is 0 Å². The van der Waals surface area contributed by atoms with Crippen molar-refractivity contribution in [2.75, 3.05) is 6.54 Å². The van der Waals surface area contributed by atoms with E-state index in [1.54, 1.807) is 11.3 Å². The lowest BCUT2D eigenvalue weighted by Gasteiger charge is -2.15. The lowest BCUT2D eigenvalue weighted by Crippen LogP contribution is -2.23. The van der Waals surface area contributed by atoms with E-state index in [0.29, 0.717) is 6.04 Å². The minimum atomic E-state index is 0.337. The third-order valence-corrected chi connectivity index (χ3v) is 3.46. The van der Waals surface area contributed by atoms with Crippen LogP contribution in [0.4, 0.5) is 0 Å². The number of aromatic nitrogens is 3. The van der Waals surface area contributed by atoms with Gasteiger partial charge in [-0.05, 0) is 13.0 Å². The summed E-state index contributed by atoms with van der Waals surface area (Å²) in [5.74, 6) is 0. The first-order valence-corrected chi connectivity index (χ1v) is 6.77. The molecule has 2 aromatic heterocycles. The third-order valence-electron chi connectivity index (χ3n) is 2.66. The van der Waals surface area contributed by atoms with E-state index in [0.717, 1.165) is 19.4 Å². The number of aryl methyl sites for hydroxylation is 1. The predicted octanol–water partition coefficient (Wildman–Crippen LogP) is 2.16. The number of nitrogens with zero attached hydrogens (tertiary/aromatic N) is 3. The summed E-state index contributed by atoms with van der Waals surface area (Å²) in [5.41, 5.74) is 3.13. The summed E-state index contributed by atoms with van der Waals surface area (Å²) in [6.45, 7) is 3.21. The maximum atomic E-state index is 4.24. The molecular weight excluding hydrogens is 232 g/mol. The van der Waals surface area contributed by atoms with Gasteiger partial charge < -0.3 is 5.32 Å². The Labute approximate surface area is 106 Å². The highest BCUT2D eigenvalue weighted by Crippen LogP contribution is 2.19. The first kappa shape index (κ1) is 12.3. The molecule has 0 amide bonds. The van der Waals surface area contributed by atoms with Gasteiger partial charge in [0.1, 0.15) is 0 Å². The number of hydrogen-bond donors (Lipinski definition) is 1. The van der Waals surface area contributed by atoms with E-state index in [4.69, 9.17) is 0 Å². The first-order valence-electron chi connectivity index (χ1n) is 5.89. The molecule has 1 N–H and O–H groups in total. The van der Waals surface area contributed by atoms with E-state index in [2.05, 4.69) is 28.5 Å². The molecular formula is C12H18N4S. The average Bonchev–Trinajstić information content (AvgIpc) is 2.95. The molecule has 0 aliphatic rings. The van der Waals surface area contributed by atoms with Crippen LogP contribution in [0, 0.1) is 0 Å². The Bertz CT molecular complexity index is 435. The molecule has 0 spiro atoms. The van der Waals surface area contributed by atoms with Crippen molar-refractivity contribution in [3.8, 4) is 0 Å². The van der Waals surface area contributed by atoms with Gasteiger partial charge >= 0.3 is 0 Å². The molecule has 1 atom stereocenters. The maximum Gasteiger partial charge on any atom is 0.0794 e. The number of rotatable bonds is 6. The first-order chi connectivity index (χ1) is 8.29. The van der Waals surface area contributed by atoms with Crippen molar-refractivity contribution in [3.63, 3.8) is 0 Å². The van der Waals surface area contributed by atoms with E-state index in [1.165, 1.54) is 10.4 Å². The van der Waals surface area contributed by atoms with Crippen molar-refractivity contribution < 1.29 is 0 Å². The zero-order valence-corrected chi connectivity index (χ0v) is 11.1. The molecule has 0 aliphatic carbocycles. The van der Waals surface area contributed by atoms with Gasteiger partial charge in [0.2, 0.25) is 0 Å². The van der Waals surface area contributed by atoms with E-state index in [1.807, 2.05) is 29.6 Å². The SMILES string of the molecule is CCCNC(Cc1cncs1)c1cnn(C)c1. The maximum absolute atomic E-state index is 4.24. The van der Waals surface area contributed by atoms with Crippen molar-refractivity contribution in [3.05, 3.63) is 34.5 Å². The van der Waals surface area contributed by atoms with Crippen LogP contribution in [0.25, 0.3) is 0 Å². The van der Waals surface area contributed by atoms with E-state index in [-0.39, 0.29) is 0 Å². The topological polar surface area (TPSA) is 42.7 Å². The largest absolute Gasteiger partial charge is 0.310 e. The van der Waals surface area contributed by atoms with Crippen molar-refractivity contribution in [2.45, 2.75) is 25.8 Å². The summed E-state index contributed by atoms with van der Waals surface area (Å²) in [5, 5.41) is 7.80. The number of hydrogen-bond acceptors (Lipinski definition) is 4. The van der Waals surface area contributed by atoms with Crippen LogP contribution < -0.4 is 5.32 Å². The molecule has 2 rings (SSSR count). The van der Waals surface area contributed by atoms with Crippen LogP contribution in [0.3, 0.4) is 0 Å². The highest BCUT2D eigenvalue weighted by Gasteiger charge is 2.13. The molecule has 0 fully saturated rings. The number of nitrogens with one attached hydrogen (secondary N) is 1. The summed E-state index contributed by atoms with van der Waals surface area (Å²) in [6.07, 6.45) is 8.08.